The lowest BCUT2D eigenvalue weighted by molar-refractivity contribution is 0.442. The molecule has 1 N–H and O–H groups in total. The van der Waals surface area contributed by atoms with Crippen molar-refractivity contribution >= 4 is 0 Å². The van der Waals surface area contributed by atoms with Gasteiger partial charge in [0.05, 0.1) is 18.1 Å². The molecule has 0 saturated carbocycles. The average Bonchev–Trinajstić information content (AvgIpc) is 2.91. The summed E-state index contributed by atoms with van der Waals surface area (Å²) in [7, 11) is 0. The maximum Gasteiger partial charge on any atom is 0.165 e. The van der Waals surface area contributed by atoms with Gasteiger partial charge in [0.25, 0.3) is 0 Å². The van der Waals surface area contributed by atoms with Crippen LogP contribution in [0.25, 0.3) is 5.69 Å². The largest absolute Gasteiger partial charge is 0.508 e. The van der Waals surface area contributed by atoms with Crippen molar-refractivity contribution < 1.29 is 14.2 Å². The Morgan fingerprint density at radius 1 is 1.05 bits per heavy atom. The van der Waals surface area contributed by atoms with Gasteiger partial charge < -0.3 is 9.84 Å². The van der Waals surface area contributed by atoms with Gasteiger partial charge in [-0.05, 0) is 36.4 Å². The van der Waals surface area contributed by atoms with Crippen molar-refractivity contribution in [3.63, 3.8) is 0 Å². The highest BCUT2D eigenvalue weighted by Gasteiger charge is 2.06. The third-order valence-corrected chi connectivity index (χ3v) is 2.74. The maximum atomic E-state index is 13.5. The van der Waals surface area contributed by atoms with Gasteiger partial charge in [-0.2, -0.15) is 5.10 Å². The summed E-state index contributed by atoms with van der Waals surface area (Å²) in [6.45, 7) is 0. The molecule has 0 unspecified atom stereocenters. The van der Waals surface area contributed by atoms with Gasteiger partial charge in [0, 0.05) is 0 Å². The van der Waals surface area contributed by atoms with Crippen molar-refractivity contribution in [2.45, 2.75) is 0 Å². The van der Waals surface area contributed by atoms with E-state index < -0.39 is 5.82 Å². The van der Waals surface area contributed by atoms with E-state index in [1.807, 2.05) is 0 Å². The van der Waals surface area contributed by atoms with Gasteiger partial charge in [-0.1, -0.05) is 12.1 Å². The minimum absolute atomic E-state index is 0.151. The van der Waals surface area contributed by atoms with E-state index in [0.29, 0.717) is 5.75 Å². The molecule has 0 fully saturated rings. The number of para-hydroxylation sites is 1. The number of hydrogen-bond donors (Lipinski definition) is 1. The first-order valence-corrected chi connectivity index (χ1v) is 5.99. The fraction of sp³-hybridized carbons (Fsp3) is 0. The van der Waals surface area contributed by atoms with E-state index in [1.54, 1.807) is 53.3 Å². The monoisotopic (exact) mass is 270 g/mol. The van der Waals surface area contributed by atoms with Crippen molar-refractivity contribution in [1.82, 2.24) is 9.78 Å². The first kappa shape index (κ1) is 12.2. The summed E-state index contributed by atoms with van der Waals surface area (Å²) in [5.41, 5.74) is 0.770. The Kier molecular flexibility index (Phi) is 3.09. The fourth-order valence-electron chi connectivity index (χ4n) is 1.76. The number of nitrogens with zero attached hydrogens (tertiary/aromatic N) is 2. The van der Waals surface area contributed by atoms with Gasteiger partial charge in [0.2, 0.25) is 0 Å². The van der Waals surface area contributed by atoms with E-state index in [9.17, 15) is 9.50 Å². The van der Waals surface area contributed by atoms with Crippen LogP contribution in [0.3, 0.4) is 0 Å². The van der Waals surface area contributed by atoms with Crippen molar-refractivity contribution in [2.24, 2.45) is 0 Å². The Balaban J connectivity index is 1.84. The van der Waals surface area contributed by atoms with Crippen LogP contribution in [0, 0.1) is 5.82 Å². The Bertz CT molecular complexity index is 723. The fourth-order valence-corrected chi connectivity index (χ4v) is 1.76. The van der Waals surface area contributed by atoms with E-state index in [4.69, 9.17) is 4.74 Å². The third kappa shape index (κ3) is 2.47. The molecular formula is C15H11FN2O2. The summed E-state index contributed by atoms with van der Waals surface area (Å²) in [5, 5.41) is 13.4. The molecule has 2 aromatic carbocycles. The first-order valence-electron chi connectivity index (χ1n) is 5.99. The summed E-state index contributed by atoms with van der Waals surface area (Å²) in [5.74, 6) is 0.342. The molecule has 3 aromatic rings. The molecule has 1 aromatic heterocycles. The maximum absolute atomic E-state index is 13.5. The second-order valence-electron chi connectivity index (χ2n) is 4.17. The lowest BCUT2D eigenvalue weighted by Gasteiger charge is -2.03. The van der Waals surface area contributed by atoms with Crippen molar-refractivity contribution in [3.8, 4) is 22.9 Å². The Hall–Kier alpha value is -2.82. The van der Waals surface area contributed by atoms with Gasteiger partial charge >= 0.3 is 0 Å². The molecule has 20 heavy (non-hydrogen) atoms. The molecule has 100 valence electrons. The second kappa shape index (κ2) is 5.05. The van der Waals surface area contributed by atoms with E-state index in [0.717, 1.165) is 5.69 Å². The SMILES string of the molecule is Oc1ccc(-n2cc(Oc3ccccc3F)cn2)cc1. The standard InChI is InChI=1S/C15H11FN2O2/c16-14-3-1-2-4-15(14)20-13-9-17-18(10-13)11-5-7-12(19)8-6-11/h1-10,19H. The normalized spacial score (nSPS) is 10.4. The highest BCUT2D eigenvalue weighted by atomic mass is 19.1. The number of phenols is 1. The second-order valence-corrected chi connectivity index (χ2v) is 4.17. The molecule has 1 heterocycles. The van der Waals surface area contributed by atoms with Crippen molar-refractivity contribution in [2.75, 3.05) is 0 Å². The predicted molar refractivity (Wildman–Crippen MR) is 71.7 cm³/mol. The Morgan fingerprint density at radius 3 is 2.55 bits per heavy atom. The molecule has 0 aliphatic rings. The molecule has 0 amide bonds. The predicted octanol–water partition coefficient (Wildman–Crippen LogP) is 3.51. The van der Waals surface area contributed by atoms with E-state index in [2.05, 4.69) is 5.10 Å². The quantitative estimate of drug-likeness (QED) is 0.792. The minimum atomic E-state index is -0.426. The molecule has 0 saturated heterocycles. The number of hydrogen-bond acceptors (Lipinski definition) is 3. The highest BCUT2D eigenvalue weighted by Crippen LogP contribution is 2.24. The molecule has 0 spiro atoms. The summed E-state index contributed by atoms with van der Waals surface area (Å²) in [6, 6.07) is 12.7. The van der Waals surface area contributed by atoms with E-state index >= 15 is 0 Å². The molecule has 0 aliphatic carbocycles. The molecule has 5 heteroatoms. The number of ether oxygens (including phenoxy) is 1. The molecule has 4 nitrogen and oxygen atoms in total. The zero-order chi connectivity index (χ0) is 13.9. The van der Waals surface area contributed by atoms with Crippen molar-refractivity contribution in [1.29, 1.82) is 0 Å². The highest BCUT2D eigenvalue weighted by molar-refractivity contribution is 5.38. The van der Waals surface area contributed by atoms with Gasteiger partial charge in [-0.25, -0.2) is 9.07 Å². The molecule has 0 aliphatic heterocycles. The van der Waals surface area contributed by atoms with Crippen molar-refractivity contribution in [3.05, 3.63) is 66.7 Å². The number of phenolic OH excluding ortho intramolecular Hbond substituents is 1. The minimum Gasteiger partial charge on any atom is -0.508 e. The number of benzene rings is 2. The zero-order valence-corrected chi connectivity index (χ0v) is 10.4. The summed E-state index contributed by atoms with van der Waals surface area (Å²) < 4.78 is 20.5. The van der Waals surface area contributed by atoms with Crippen LogP contribution >= 0.6 is 0 Å². The Morgan fingerprint density at radius 2 is 1.80 bits per heavy atom. The van der Waals surface area contributed by atoms with Crippen LogP contribution < -0.4 is 4.74 Å². The molecular weight excluding hydrogens is 259 g/mol. The number of aromatic hydroxyl groups is 1. The van der Waals surface area contributed by atoms with Gasteiger partial charge in [0.15, 0.2) is 17.3 Å². The van der Waals surface area contributed by atoms with Crippen LogP contribution in [0.1, 0.15) is 0 Å². The molecule has 0 radical (unpaired) electrons. The van der Waals surface area contributed by atoms with Gasteiger partial charge in [0.1, 0.15) is 5.75 Å². The van der Waals surface area contributed by atoms with E-state index in [1.165, 1.54) is 12.3 Å². The molecule has 0 atom stereocenters. The first-order chi connectivity index (χ1) is 9.72. The van der Waals surface area contributed by atoms with Crippen LogP contribution in [0.4, 0.5) is 4.39 Å². The van der Waals surface area contributed by atoms with Crippen LogP contribution in [0.15, 0.2) is 60.9 Å². The third-order valence-electron chi connectivity index (χ3n) is 2.74. The summed E-state index contributed by atoms with van der Waals surface area (Å²) >= 11 is 0. The van der Waals surface area contributed by atoms with Crippen LogP contribution in [-0.4, -0.2) is 14.9 Å². The lowest BCUT2D eigenvalue weighted by Crippen LogP contribution is -1.92. The summed E-state index contributed by atoms with van der Waals surface area (Å²) in [6.07, 6.45) is 3.14. The lowest BCUT2D eigenvalue weighted by atomic mass is 10.3. The molecule has 3 rings (SSSR count). The topological polar surface area (TPSA) is 47.3 Å². The van der Waals surface area contributed by atoms with Gasteiger partial charge in [-0.3, -0.25) is 0 Å². The Labute approximate surface area is 114 Å². The van der Waals surface area contributed by atoms with Gasteiger partial charge in [-0.15, -0.1) is 0 Å². The summed E-state index contributed by atoms with van der Waals surface area (Å²) in [4.78, 5) is 0. The molecule has 0 bridgehead atoms. The number of aromatic nitrogens is 2. The smallest absolute Gasteiger partial charge is 0.165 e. The number of rotatable bonds is 3. The zero-order valence-electron chi connectivity index (χ0n) is 10.4. The van der Waals surface area contributed by atoms with Crippen LogP contribution in [-0.2, 0) is 0 Å². The number of halogens is 1. The average molecular weight is 270 g/mol. The van der Waals surface area contributed by atoms with Crippen LogP contribution in [0.5, 0.6) is 17.2 Å². The van der Waals surface area contributed by atoms with Crippen LogP contribution in [0.2, 0.25) is 0 Å². The van der Waals surface area contributed by atoms with E-state index in [-0.39, 0.29) is 11.5 Å².